The second kappa shape index (κ2) is 8.50. The molecule has 4 heterocycles. The minimum absolute atomic E-state index is 0.0597. The van der Waals surface area contributed by atoms with E-state index >= 15 is 0 Å². The number of rotatable bonds is 7. The lowest BCUT2D eigenvalue weighted by Gasteiger charge is -2.22. The van der Waals surface area contributed by atoms with Gasteiger partial charge in [0.2, 0.25) is 5.76 Å². The molecule has 0 fully saturated rings. The van der Waals surface area contributed by atoms with E-state index in [1.807, 2.05) is 31.4 Å². The fourth-order valence-electron chi connectivity index (χ4n) is 2.90. The number of hydrogen-bond donors (Lipinski definition) is 1. The Hall–Kier alpha value is -3.46. The summed E-state index contributed by atoms with van der Waals surface area (Å²) in [5.74, 6) is 0.526. The molecule has 154 valence electrons. The molecule has 30 heavy (non-hydrogen) atoms. The smallest absolute Gasteiger partial charge is 0.273 e. The van der Waals surface area contributed by atoms with Crippen LogP contribution in [-0.4, -0.2) is 26.9 Å². The first-order valence-electron chi connectivity index (χ1n) is 9.45. The molecule has 1 atom stereocenters. The van der Waals surface area contributed by atoms with Crippen molar-refractivity contribution in [3.63, 3.8) is 0 Å². The minimum Gasteiger partial charge on any atom is -0.461 e. The molecule has 8 nitrogen and oxygen atoms in total. The zero-order valence-corrected chi connectivity index (χ0v) is 17.3. The number of hydrogen-bond acceptors (Lipinski definition) is 7. The first-order valence-corrected chi connectivity index (χ1v) is 10.3. The van der Waals surface area contributed by atoms with Crippen LogP contribution in [0.2, 0.25) is 0 Å². The van der Waals surface area contributed by atoms with E-state index in [0.717, 1.165) is 10.6 Å². The van der Waals surface area contributed by atoms with E-state index in [0.29, 0.717) is 11.5 Å². The third kappa shape index (κ3) is 4.25. The van der Waals surface area contributed by atoms with Gasteiger partial charge in [0.15, 0.2) is 11.5 Å². The molecule has 0 unspecified atom stereocenters. The number of carbonyl (C=O) groups is 1. The Kier molecular flexibility index (Phi) is 5.62. The van der Waals surface area contributed by atoms with Gasteiger partial charge in [-0.05, 0) is 35.6 Å². The molecule has 0 aliphatic carbocycles. The Balaban J connectivity index is 1.52. The largest absolute Gasteiger partial charge is 0.461 e. The Morgan fingerprint density at radius 3 is 2.77 bits per heavy atom. The van der Waals surface area contributed by atoms with Crippen molar-refractivity contribution in [1.82, 2.24) is 20.3 Å². The summed E-state index contributed by atoms with van der Waals surface area (Å²) in [4.78, 5) is 26.0. The maximum absolute atomic E-state index is 12.7. The summed E-state index contributed by atoms with van der Waals surface area (Å²) in [5, 5.41) is 13.2. The summed E-state index contributed by atoms with van der Waals surface area (Å²) in [6.07, 6.45) is 1.52. The number of nitrogens with one attached hydrogen (secondary N) is 1. The Labute approximate surface area is 176 Å². The van der Waals surface area contributed by atoms with Gasteiger partial charge in [0.05, 0.1) is 23.7 Å². The van der Waals surface area contributed by atoms with Gasteiger partial charge in [0.1, 0.15) is 5.69 Å². The maximum Gasteiger partial charge on any atom is 0.273 e. The second-order valence-corrected chi connectivity index (χ2v) is 8.04. The molecule has 9 heteroatoms. The normalized spacial score (nSPS) is 12.2. The Bertz CT molecular complexity index is 1180. The van der Waals surface area contributed by atoms with Gasteiger partial charge in [-0.15, -0.1) is 11.3 Å². The quantitative estimate of drug-likeness (QED) is 0.485. The van der Waals surface area contributed by atoms with Crippen molar-refractivity contribution >= 4 is 17.2 Å². The van der Waals surface area contributed by atoms with Crippen molar-refractivity contribution in [2.45, 2.75) is 26.4 Å². The van der Waals surface area contributed by atoms with Crippen LogP contribution in [0.3, 0.4) is 0 Å². The lowest BCUT2D eigenvalue weighted by Crippen LogP contribution is -2.44. The molecule has 0 saturated heterocycles. The predicted octanol–water partition coefficient (Wildman–Crippen LogP) is 3.67. The molecule has 1 N–H and O–H groups in total. The van der Waals surface area contributed by atoms with E-state index in [2.05, 4.69) is 15.6 Å². The predicted molar refractivity (Wildman–Crippen MR) is 112 cm³/mol. The highest BCUT2D eigenvalue weighted by atomic mass is 32.1. The molecule has 4 rings (SSSR count). The zero-order chi connectivity index (χ0) is 21.1. The minimum atomic E-state index is -0.391. The van der Waals surface area contributed by atoms with Crippen molar-refractivity contribution in [3.8, 4) is 22.1 Å². The van der Waals surface area contributed by atoms with E-state index < -0.39 is 5.91 Å². The lowest BCUT2D eigenvalue weighted by molar-refractivity contribution is 0.0909. The Morgan fingerprint density at radius 1 is 1.20 bits per heavy atom. The molecule has 0 radical (unpaired) electrons. The number of furan rings is 1. The van der Waals surface area contributed by atoms with Crippen LogP contribution in [0.1, 0.15) is 24.3 Å². The average molecular weight is 424 g/mol. The molecule has 0 aliphatic heterocycles. The molecule has 4 aromatic heterocycles. The number of carbonyl (C=O) groups excluding carboxylic acids is 1. The molecule has 0 aromatic carbocycles. The van der Waals surface area contributed by atoms with Crippen molar-refractivity contribution < 1.29 is 13.7 Å². The molecule has 0 bridgehead atoms. The van der Waals surface area contributed by atoms with Gasteiger partial charge in [-0.1, -0.05) is 25.1 Å². The summed E-state index contributed by atoms with van der Waals surface area (Å²) < 4.78 is 11.8. The first-order chi connectivity index (χ1) is 14.5. The van der Waals surface area contributed by atoms with Crippen LogP contribution in [0.4, 0.5) is 0 Å². The topological polar surface area (TPSA) is 103 Å². The highest BCUT2D eigenvalue weighted by Crippen LogP contribution is 2.22. The van der Waals surface area contributed by atoms with E-state index in [9.17, 15) is 9.59 Å². The first kappa shape index (κ1) is 19.8. The van der Waals surface area contributed by atoms with E-state index in [1.54, 1.807) is 29.5 Å². The van der Waals surface area contributed by atoms with E-state index in [4.69, 9.17) is 8.94 Å². The number of nitrogens with zero attached hydrogens (tertiary/aromatic N) is 3. The van der Waals surface area contributed by atoms with E-state index in [-0.39, 0.29) is 29.8 Å². The molecular weight excluding hydrogens is 404 g/mol. The molecule has 1 amide bonds. The number of thiophene rings is 1. The van der Waals surface area contributed by atoms with Crippen LogP contribution in [0.5, 0.6) is 0 Å². The standard InChI is InChI=1S/C21H20N4O4S/c1-13(2)16(12-25-20(26)8-7-14(23-25)19-6-4-10-30-19)22-21(27)15-11-18(29-24-15)17-5-3-9-28-17/h3-11,13,16H,12H2,1-2H3,(H,22,27)/t16-/m1/s1. The molecule has 4 aromatic rings. The van der Waals surface area contributed by atoms with Gasteiger partial charge < -0.3 is 14.3 Å². The summed E-state index contributed by atoms with van der Waals surface area (Å²) in [5.41, 5.74) is 0.634. The summed E-state index contributed by atoms with van der Waals surface area (Å²) in [6.45, 7) is 4.18. The Morgan fingerprint density at radius 2 is 2.07 bits per heavy atom. The van der Waals surface area contributed by atoms with Gasteiger partial charge >= 0.3 is 0 Å². The SMILES string of the molecule is CC(C)[C@@H](Cn1nc(-c2cccs2)ccc1=O)NC(=O)c1cc(-c2ccco2)on1. The maximum atomic E-state index is 12.7. The van der Waals surface area contributed by atoms with Crippen LogP contribution in [-0.2, 0) is 6.54 Å². The van der Waals surface area contributed by atoms with Crippen LogP contribution < -0.4 is 10.9 Å². The van der Waals surface area contributed by atoms with Gasteiger partial charge in [-0.25, -0.2) is 4.68 Å². The van der Waals surface area contributed by atoms with Crippen molar-refractivity contribution in [2.24, 2.45) is 5.92 Å². The molecular formula is C21H20N4O4S. The average Bonchev–Trinajstić information content (AvgIpc) is 3.50. The van der Waals surface area contributed by atoms with Gasteiger partial charge in [0, 0.05) is 12.1 Å². The number of amides is 1. The fraction of sp³-hybridized carbons (Fsp3) is 0.238. The van der Waals surface area contributed by atoms with E-state index in [1.165, 1.54) is 23.1 Å². The van der Waals surface area contributed by atoms with Crippen LogP contribution in [0, 0.1) is 5.92 Å². The second-order valence-electron chi connectivity index (χ2n) is 7.09. The van der Waals surface area contributed by atoms with Crippen molar-refractivity contribution in [2.75, 3.05) is 0 Å². The van der Waals surface area contributed by atoms with Crippen molar-refractivity contribution in [1.29, 1.82) is 0 Å². The third-order valence-corrected chi connectivity index (χ3v) is 5.53. The fourth-order valence-corrected chi connectivity index (χ4v) is 3.59. The molecule has 0 spiro atoms. The van der Waals surface area contributed by atoms with Crippen LogP contribution >= 0.6 is 11.3 Å². The summed E-state index contributed by atoms with van der Waals surface area (Å²) in [6, 6.07) is 11.7. The summed E-state index contributed by atoms with van der Waals surface area (Å²) >= 11 is 1.55. The van der Waals surface area contributed by atoms with Gasteiger partial charge in [-0.3, -0.25) is 9.59 Å². The van der Waals surface area contributed by atoms with Crippen molar-refractivity contribution in [3.05, 3.63) is 70.2 Å². The van der Waals surface area contributed by atoms with Gasteiger partial charge in [-0.2, -0.15) is 5.10 Å². The monoisotopic (exact) mass is 424 g/mol. The number of aromatic nitrogens is 3. The van der Waals surface area contributed by atoms with Gasteiger partial charge in [0.25, 0.3) is 11.5 Å². The highest BCUT2D eigenvalue weighted by Gasteiger charge is 2.22. The zero-order valence-electron chi connectivity index (χ0n) is 16.4. The third-order valence-electron chi connectivity index (χ3n) is 4.64. The lowest BCUT2D eigenvalue weighted by atomic mass is 10.0. The van der Waals surface area contributed by atoms with Crippen LogP contribution in [0.25, 0.3) is 22.1 Å². The molecule has 0 saturated carbocycles. The highest BCUT2D eigenvalue weighted by molar-refractivity contribution is 7.13. The van der Waals surface area contributed by atoms with Crippen LogP contribution in [0.15, 0.2) is 67.8 Å². The summed E-state index contributed by atoms with van der Waals surface area (Å²) in [7, 11) is 0. The molecule has 0 aliphatic rings.